The van der Waals surface area contributed by atoms with Crippen LogP contribution in [0, 0.1) is 5.82 Å². The Bertz CT molecular complexity index is 657. The molecule has 5 nitrogen and oxygen atoms in total. The van der Waals surface area contributed by atoms with E-state index in [2.05, 4.69) is 9.71 Å². The quantitative estimate of drug-likeness (QED) is 0.817. The lowest BCUT2D eigenvalue weighted by molar-refractivity contribution is 0.578. The van der Waals surface area contributed by atoms with Gasteiger partial charge in [-0.2, -0.15) is 0 Å². The fourth-order valence-corrected chi connectivity index (χ4v) is 3.26. The first-order valence-electron chi connectivity index (χ1n) is 5.41. The van der Waals surface area contributed by atoms with E-state index in [0.717, 1.165) is 17.8 Å². The van der Waals surface area contributed by atoms with Crippen molar-refractivity contribution in [1.82, 2.24) is 9.71 Å². The Morgan fingerprint density at radius 1 is 1.42 bits per heavy atom. The van der Waals surface area contributed by atoms with Crippen molar-refractivity contribution in [3.05, 3.63) is 40.6 Å². The van der Waals surface area contributed by atoms with Crippen LogP contribution < -0.4 is 10.5 Å². The molecule has 0 saturated carbocycles. The molecule has 1 aromatic carbocycles. The third-order valence-electron chi connectivity index (χ3n) is 2.42. The molecule has 1 heterocycles. The lowest BCUT2D eigenvalue weighted by atomic mass is 10.3. The fourth-order valence-electron chi connectivity index (χ4n) is 1.49. The van der Waals surface area contributed by atoms with Crippen molar-refractivity contribution in [3.63, 3.8) is 0 Å². The van der Waals surface area contributed by atoms with Crippen LogP contribution in [-0.2, 0) is 16.4 Å². The average Bonchev–Trinajstić information content (AvgIpc) is 2.85. The van der Waals surface area contributed by atoms with Crippen LogP contribution in [0.3, 0.4) is 0 Å². The van der Waals surface area contributed by atoms with E-state index >= 15 is 0 Å². The zero-order valence-corrected chi connectivity index (χ0v) is 11.5. The van der Waals surface area contributed by atoms with Gasteiger partial charge in [0, 0.05) is 18.3 Å². The van der Waals surface area contributed by atoms with Gasteiger partial charge in [-0.15, -0.1) is 11.3 Å². The minimum absolute atomic E-state index is 0.0163. The number of hydrogen-bond donors (Lipinski definition) is 2. The molecule has 0 saturated heterocycles. The van der Waals surface area contributed by atoms with Crippen LogP contribution in [0.15, 0.2) is 34.0 Å². The number of rotatable bonds is 5. The molecule has 0 aliphatic heterocycles. The van der Waals surface area contributed by atoms with Crippen LogP contribution in [0.2, 0.25) is 0 Å². The minimum atomic E-state index is -3.81. The number of nitrogens with one attached hydrogen (secondary N) is 1. The molecular formula is C11H12FN3O2S2. The van der Waals surface area contributed by atoms with Crippen molar-refractivity contribution in [1.29, 1.82) is 0 Å². The van der Waals surface area contributed by atoms with E-state index in [9.17, 15) is 12.8 Å². The molecule has 1 aromatic heterocycles. The number of nitrogens with two attached hydrogens (primary N) is 1. The molecule has 3 N–H and O–H groups in total. The predicted molar refractivity (Wildman–Crippen MR) is 71.8 cm³/mol. The summed E-state index contributed by atoms with van der Waals surface area (Å²) in [4.78, 5) is 3.79. The van der Waals surface area contributed by atoms with Crippen LogP contribution in [0.5, 0.6) is 0 Å². The van der Waals surface area contributed by atoms with E-state index in [-0.39, 0.29) is 17.1 Å². The van der Waals surface area contributed by atoms with Crippen molar-refractivity contribution in [2.24, 2.45) is 0 Å². The van der Waals surface area contributed by atoms with Gasteiger partial charge in [0.15, 0.2) is 0 Å². The van der Waals surface area contributed by atoms with Crippen molar-refractivity contribution >= 4 is 27.0 Å². The zero-order valence-electron chi connectivity index (χ0n) is 9.84. The first-order chi connectivity index (χ1) is 8.99. The highest BCUT2D eigenvalue weighted by Crippen LogP contribution is 2.18. The highest BCUT2D eigenvalue weighted by molar-refractivity contribution is 7.89. The molecule has 0 amide bonds. The Labute approximate surface area is 114 Å². The Morgan fingerprint density at radius 3 is 2.89 bits per heavy atom. The molecule has 0 unspecified atom stereocenters. The summed E-state index contributed by atoms with van der Waals surface area (Å²) in [6, 6.07) is 3.24. The molecule has 0 radical (unpaired) electrons. The zero-order chi connectivity index (χ0) is 13.9. The second-order valence-corrected chi connectivity index (χ2v) is 6.26. The number of hydrogen-bond acceptors (Lipinski definition) is 5. The van der Waals surface area contributed by atoms with E-state index in [1.54, 1.807) is 5.51 Å². The minimum Gasteiger partial charge on any atom is -0.398 e. The summed E-state index contributed by atoms with van der Waals surface area (Å²) in [5.74, 6) is -0.644. The molecule has 8 heteroatoms. The number of thiazole rings is 1. The molecular weight excluding hydrogens is 289 g/mol. The van der Waals surface area contributed by atoms with E-state index in [4.69, 9.17) is 5.73 Å². The SMILES string of the molecule is Nc1ccc(F)cc1S(=O)(=O)NCCc1cscn1. The van der Waals surface area contributed by atoms with Crippen LogP contribution in [-0.4, -0.2) is 19.9 Å². The maximum absolute atomic E-state index is 13.1. The first kappa shape index (κ1) is 13.9. The fraction of sp³-hybridized carbons (Fsp3) is 0.182. The average molecular weight is 301 g/mol. The van der Waals surface area contributed by atoms with Gasteiger partial charge in [0.1, 0.15) is 10.7 Å². The van der Waals surface area contributed by atoms with Gasteiger partial charge >= 0.3 is 0 Å². The van der Waals surface area contributed by atoms with E-state index in [1.807, 2.05) is 5.38 Å². The van der Waals surface area contributed by atoms with Gasteiger partial charge in [0.25, 0.3) is 0 Å². The van der Waals surface area contributed by atoms with Crippen molar-refractivity contribution in [3.8, 4) is 0 Å². The van der Waals surface area contributed by atoms with E-state index in [1.165, 1.54) is 17.4 Å². The Morgan fingerprint density at radius 2 is 2.21 bits per heavy atom. The number of nitrogen functional groups attached to an aromatic ring is 1. The third-order valence-corrected chi connectivity index (χ3v) is 4.57. The van der Waals surface area contributed by atoms with Crippen molar-refractivity contribution < 1.29 is 12.8 Å². The topological polar surface area (TPSA) is 85.1 Å². The monoisotopic (exact) mass is 301 g/mol. The Hall–Kier alpha value is -1.51. The molecule has 0 atom stereocenters. The van der Waals surface area contributed by atoms with Crippen molar-refractivity contribution in [2.75, 3.05) is 12.3 Å². The molecule has 2 aromatic rings. The normalized spacial score (nSPS) is 11.6. The number of nitrogens with zero attached hydrogens (tertiary/aromatic N) is 1. The summed E-state index contributed by atoms with van der Waals surface area (Å²) in [6.07, 6.45) is 0.470. The smallest absolute Gasteiger partial charge is 0.242 e. The molecule has 0 aliphatic rings. The lowest BCUT2D eigenvalue weighted by Gasteiger charge is -2.08. The highest BCUT2D eigenvalue weighted by atomic mass is 32.2. The lowest BCUT2D eigenvalue weighted by Crippen LogP contribution is -2.27. The second kappa shape index (κ2) is 5.64. The van der Waals surface area contributed by atoms with Crippen LogP contribution >= 0.6 is 11.3 Å². The van der Waals surface area contributed by atoms with Gasteiger partial charge in [0.2, 0.25) is 10.0 Å². The van der Waals surface area contributed by atoms with Gasteiger partial charge in [-0.25, -0.2) is 22.5 Å². The van der Waals surface area contributed by atoms with Crippen molar-refractivity contribution in [2.45, 2.75) is 11.3 Å². The Balaban J connectivity index is 2.07. The molecule has 0 aliphatic carbocycles. The second-order valence-electron chi connectivity index (χ2n) is 3.81. The standard InChI is InChI=1S/C11H12FN3O2S2/c12-8-1-2-10(13)11(5-8)19(16,17)15-4-3-9-6-18-7-14-9/h1-2,5-7,15H,3-4,13H2. The van der Waals surface area contributed by atoms with Gasteiger partial charge < -0.3 is 5.73 Å². The van der Waals surface area contributed by atoms with Gasteiger partial charge in [-0.3, -0.25) is 0 Å². The molecule has 102 valence electrons. The number of aromatic nitrogens is 1. The van der Waals surface area contributed by atoms with Gasteiger partial charge in [-0.1, -0.05) is 0 Å². The number of sulfonamides is 1. The Kier molecular flexibility index (Phi) is 4.13. The van der Waals surface area contributed by atoms with E-state index in [0.29, 0.717) is 6.42 Å². The highest BCUT2D eigenvalue weighted by Gasteiger charge is 2.17. The van der Waals surface area contributed by atoms with Crippen LogP contribution in [0.4, 0.5) is 10.1 Å². The molecule has 2 rings (SSSR count). The van der Waals surface area contributed by atoms with Gasteiger partial charge in [0.05, 0.1) is 16.9 Å². The molecule has 0 spiro atoms. The maximum Gasteiger partial charge on any atom is 0.242 e. The van der Waals surface area contributed by atoms with Gasteiger partial charge in [-0.05, 0) is 18.2 Å². The summed E-state index contributed by atoms with van der Waals surface area (Å²) in [5, 5.41) is 1.84. The predicted octanol–water partition coefficient (Wildman–Crippen LogP) is 1.39. The van der Waals surface area contributed by atoms with Crippen LogP contribution in [0.25, 0.3) is 0 Å². The summed E-state index contributed by atoms with van der Waals surface area (Å²) in [6.45, 7) is 0.183. The van der Waals surface area contributed by atoms with Crippen LogP contribution in [0.1, 0.15) is 5.69 Å². The number of benzene rings is 1. The first-order valence-corrected chi connectivity index (χ1v) is 7.83. The summed E-state index contributed by atoms with van der Waals surface area (Å²) >= 11 is 1.44. The molecule has 19 heavy (non-hydrogen) atoms. The molecule has 0 fully saturated rings. The summed E-state index contributed by atoms with van der Waals surface area (Å²) < 4.78 is 39.4. The summed E-state index contributed by atoms with van der Waals surface area (Å²) in [7, 11) is -3.81. The third kappa shape index (κ3) is 3.49. The largest absolute Gasteiger partial charge is 0.398 e. The summed E-state index contributed by atoms with van der Waals surface area (Å²) in [5.41, 5.74) is 8.04. The maximum atomic E-state index is 13.1. The number of halogens is 1. The molecule has 0 bridgehead atoms. The van der Waals surface area contributed by atoms with E-state index < -0.39 is 15.8 Å². The number of anilines is 1.